The average molecular weight is 456 g/mol. The summed E-state index contributed by atoms with van der Waals surface area (Å²) in [4.78, 5) is 28.6. The Kier molecular flexibility index (Phi) is 5.38. The number of imidazole rings is 1. The lowest BCUT2D eigenvalue weighted by Gasteiger charge is -2.12. The van der Waals surface area contributed by atoms with E-state index in [-0.39, 0.29) is 11.6 Å². The van der Waals surface area contributed by atoms with E-state index in [1.807, 2.05) is 54.9 Å². The van der Waals surface area contributed by atoms with Crippen molar-refractivity contribution >= 4 is 28.5 Å². The van der Waals surface area contributed by atoms with Crippen molar-refractivity contribution < 1.29 is 18.7 Å². The molecule has 0 spiro atoms. The van der Waals surface area contributed by atoms with Gasteiger partial charge in [0.1, 0.15) is 29.9 Å². The van der Waals surface area contributed by atoms with Crippen molar-refractivity contribution in [1.82, 2.24) is 24.5 Å². The monoisotopic (exact) mass is 456 g/mol. The number of esters is 1. The molecule has 1 N–H and O–H groups in total. The molecule has 0 aliphatic rings. The second kappa shape index (κ2) is 8.66. The molecule has 10 heteroatoms. The van der Waals surface area contributed by atoms with Gasteiger partial charge in [0.05, 0.1) is 30.0 Å². The Balaban J connectivity index is 1.37. The molecule has 0 saturated heterocycles. The maximum atomic E-state index is 11.7. The van der Waals surface area contributed by atoms with Gasteiger partial charge in [-0.1, -0.05) is 0 Å². The zero-order valence-electron chi connectivity index (χ0n) is 18.6. The van der Waals surface area contributed by atoms with Gasteiger partial charge < -0.3 is 23.8 Å². The SMILES string of the molecule is COC(=O)c1coc(-c2cncnc2Nc2ccc(Oc3ccc4c(c3)ncn4C)c(C)c2)n1. The highest BCUT2D eigenvalue weighted by Gasteiger charge is 2.17. The van der Waals surface area contributed by atoms with Gasteiger partial charge in [-0.2, -0.15) is 0 Å². The first kappa shape index (κ1) is 21.1. The molecule has 5 aromatic rings. The summed E-state index contributed by atoms with van der Waals surface area (Å²) in [5.74, 6) is 1.51. The maximum absolute atomic E-state index is 11.7. The number of anilines is 2. The molecule has 3 aromatic heterocycles. The molecule has 34 heavy (non-hydrogen) atoms. The number of carbonyl (C=O) groups is 1. The number of rotatable bonds is 6. The second-order valence-electron chi connectivity index (χ2n) is 7.53. The Morgan fingerprint density at radius 1 is 1.15 bits per heavy atom. The number of aryl methyl sites for hydroxylation is 2. The fourth-order valence-corrected chi connectivity index (χ4v) is 3.47. The Morgan fingerprint density at radius 3 is 2.85 bits per heavy atom. The van der Waals surface area contributed by atoms with Crippen LogP contribution < -0.4 is 10.1 Å². The van der Waals surface area contributed by atoms with Crippen LogP contribution in [0.2, 0.25) is 0 Å². The van der Waals surface area contributed by atoms with E-state index in [0.717, 1.165) is 28.0 Å². The van der Waals surface area contributed by atoms with Crippen molar-refractivity contribution in [3.63, 3.8) is 0 Å². The molecule has 2 aromatic carbocycles. The minimum absolute atomic E-state index is 0.0635. The lowest BCUT2D eigenvalue weighted by molar-refractivity contribution is 0.0594. The van der Waals surface area contributed by atoms with E-state index < -0.39 is 5.97 Å². The molecule has 5 rings (SSSR count). The molecule has 0 atom stereocenters. The lowest BCUT2D eigenvalue weighted by atomic mass is 10.2. The van der Waals surface area contributed by atoms with Gasteiger partial charge in [0.2, 0.25) is 5.89 Å². The van der Waals surface area contributed by atoms with Crippen molar-refractivity contribution in [2.24, 2.45) is 7.05 Å². The molecule has 0 radical (unpaired) electrons. The van der Waals surface area contributed by atoms with Gasteiger partial charge in [-0.25, -0.2) is 24.7 Å². The Morgan fingerprint density at radius 2 is 2.03 bits per heavy atom. The van der Waals surface area contributed by atoms with Crippen molar-refractivity contribution in [2.45, 2.75) is 6.92 Å². The maximum Gasteiger partial charge on any atom is 0.360 e. The Hall–Kier alpha value is -4.73. The van der Waals surface area contributed by atoms with Crippen molar-refractivity contribution in [2.75, 3.05) is 12.4 Å². The molecule has 0 unspecified atom stereocenters. The summed E-state index contributed by atoms with van der Waals surface area (Å²) < 4.78 is 18.2. The number of oxazole rings is 1. The third kappa shape index (κ3) is 4.04. The highest BCUT2D eigenvalue weighted by atomic mass is 16.5. The van der Waals surface area contributed by atoms with Crippen LogP contribution in [0.1, 0.15) is 16.1 Å². The lowest BCUT2D eigenvalue weighted by Crippen LogP contribution is -2.02. The molecule has 0 saturated carbocycles. The van der Waals surface area contributed by atoms with Crippen molar-refractivity contribution in [3.05, 3.63) is 72.8 Å². The van der Waals surface area contributed by atoms with Crippen LogP contribution in [0.15, 0.2) is 65.9 Å². The van der Waals surface area contributed by atoms with Crippen LogP contribution in [0.3, 0.4) is 0 Å². The zero-order chi connectivity index (χ0) is 23.7. The third-order valence-electron chi connectivity index (χ3n) is 5.20. The van der Waals surface area contributed by atoms with Gasteiger partial charge in [-0.3, -0.25) is 0 Å². The van der Waals surface area contributed by atoms with Gasteiger partial charge in [0.15, 0.2) is 5.69 Å². The molecule has 0 fully saturated rings. The van der Waals surface area contributed by atoms with Gasteiger partial charge in [-0.15, -0.1) is 0 Å². The molecule has 0 aliphatic carbocycles. The quantitative estimate of drug-likeness (QED) is 0.364. The molecule has 0 bridgehead atoms. The average Bonchev–Trinajstić information content (AvgIpc) is 3.48. The van der Waals surface area contributed by atoms with Gasteiger partial charge >= 0.3 is 5.97 Å². The number of nitrogens with zero attached hydrogens (tertiary/aromatic N) is 5. The standard InChI is InChI=1S/C24H20N6O4/c1-14-8-15(4-7-21(14)34-16-5-6-20-18(9-16)27-13-30(20)2)28-22-17(10-25-12-26-22)23-29-19(11-33-23)24(31)32-3/h4-13H,1-3H3,(H,25,26,28). The predicted octanol–water partition coefficient (Wildman–Crippen LogP) is 4.65. The van der Waals surface area contributed by atoms with E-state index in [2.05, 4.69) is 30.0 Å². The smallest absolute Gasteiger partial charge is 0.360 e. The normalized spacial score (nSPS) is 10.9. The number of aromatic nitrogens is 5. The van der Waals surface area contributed by atoms with Gasteiger partial charge in [0.25, 0.3) is 0 Å². The molecule has 3 heterocycles. The number of ether oxygens (including phenoxy) is 2. The zero-order valence-corrected chi connectivity index (χ0v) is 18.6. The topological polar surface area (TPSA) is 117 Å². The number of methoxy groups -OCH3 is 1. The number of carbonyl (C=O) groups excluding carboxylic acids is 1. The predicted molar refractivity (Wildman–Crippen MR) is 124 cm³/mol. The van der Waals surface area contributed by atoms with Crippen LogP contribution in [-0.4, -0.2) is 37.6 Å². The van der Waals surface area contributed by atoms with E-state index in [4.69, 9.17) is 9.15 Å². The van der Waals surface area contributed by atoms with Crippen molar-refractivity contribution in [3.8, 4) is 23.0 Å². The Labute approximate surface area is 194 Å². The fraction of sp³-hybridized carbons (Fsp3) is 0.125. The van der Waals surface area contributed by atoms with Crippen LogP contribution in [0, 0.1) is 6.92 Å². The first-order chi connectivity index (χ1) is 16.5. The minimum Gasteiger partial charge on any atom is -0.464 e. The molecule has 10 nitrogen and oxygen atoms in total. The minimum atomic E-state index is -0.588. The summed E-state index contributed by atoms with van der Waals surface area (Å²) in [7, 11) is 3.23. The number of fused-ring (bicyclic) bond motifs is 1. The number of hydrogen-bond acceptors (Lipinski definition) is 9. The number of hydrogen-bond donors (Lipinski definition) is 1. The summed E-state index contributed by atoms with van der Waals surface area (Å²) in [6.45, 7) is 1.96. The fourth-order valence-electron chi connectivity index (χ4n) is 3.47. The molecule has 0 aliphatic heterocycles. The third-order valence-corrected chi connectivity index (χ3v) is 5.20. The van der Waals surface area contributed by atoms with Gasteiger partial charge in [0, 0.05) is 25.0 Å². The first-order valence-electron chi connectivity index (χ1n) is 10.3. The summed E-state index contributed by atoms with van der Waals surface area (Å²) in [5.41, 5.74) is 4.17. The summed E-state index contributed by atoms with van der Waals surface area (Å²) in [6, 6.07) is 11.5. The Bertz CT molecular complexity index is 1510. The van der Waals surface area contributed by atoms with E-state index in [1.54, 1.807) is 12.5 Å². The highest BCUT2D eigenvalue weighted by molar-refractivity contribution is 5.87. The van der Waals surface area contributed by atoms with Crippen LogP contribution >= 0.6 is 0 Å². The number of benzene rings is 2. The summed E-state index contributed by atoms with van der Waals surface area (Å²) in [5, 5.41) is 3.25. The first-order valence-corrected chi connectivity index (χ1v) is 10.3. The van der Waals surface area contributed by atoms with Crippen LogP contribution in [-0.2, 0) is 11.8 Å². The molecular weight excluding hydrogens is 436 g/mol. The van der Waals surface area contributed by atoms with E-state index in [9.17, 15) is 4.79 Å². The van der Waals surface area contributed by atoms with Crippen LogP contribution in [0.5, 0.6) is 11.5 Å². The van der Waals surface area contributed by atoms with Crippen LogP contribution in [0.25, 0.3) is 22.5 Å². The second-order valence-corrected chi connectivity index (χ2v) is 7.53. The summed E-state index contributed by atoms with van der Waals surface area (Å²) in [6.07, 6.45) is 5.97. The molecule has 170 valence electrons. The van der Waals surface area contributed by atoms with E-state index in [1.165, 1.54) is 19.7 Å². The van der Waals surface area contributed by atoms with E-state index >= 15 is 0 Å². The largest absolute Gasteiger partial charge is 0.464 e. The van der Waals surface area contributed by atoms with Crippen molar-refractivity contribution in [1.29, 1.82) is 0 Å². The van der Waals surface area contributed by atoms with E-state index in [0.29, 0.717) is 17.1 Å². The van der Waals surface area contributed by atoms with Crippen LogP contribution in [0.4, 0.5) is 11.5 Å². The molecular formula is C24H20N6O4. The summed E-state index contributed by atoms with van der Waals surface area (Å²) >= 11 is 0. The molecule has 0 amide bonds. The number of nitrogens with one attached hydrogen (secondary N) is 1. The highest BCUT2D eigenvalue weighted by Crippen LogP contribution is 2.32. The van der Waals surface area contributed by atoms with Gasteiger partial charge in [-0.05, 0) is 42.8 Å².